The first-order valence-electron chi connectivity index (χ1n) is 11.7. The summed E-state index contributed by atoms with van der Waals surface area (Å²) in [6.45, 7) is 2.47. The van der Waals surface area contributed by atoms with Gasteiger partial charge in [-0.05, 0) is 79.7 Å². The van der Waals surface area contributed by atoms with Crippen molar-refractivity contribution in [1.82, 2.24) is 9.88 Å². The maximum absolute atomic E-state index is 13.6. The molecule has 32 heavy (non-hydrogen) atoms. The summed E-state index contributed by atoms with van der Waals surface area (Å²) in [5, 5.41) is 12.6. The maximum atomic E-state index is 13.6. The highest BCUT2D eigenvalue weighted by Crippen LogP contribution is 2.32. The third-order valence-electron chi connectivity index (χ3n) is 6.79. The number of halogens is 1. The number of benzene rings is 1. The molecule has 2 aromatic rings. The van der Waals surface area contributed by atoms with Crippen LogP contribution in [0.4, 0.5) is 10.2 Å². The van der Waals surface area contributed by atoms with Gasteiger partial charge in [-0.1, -0.05) is 18.2 Å². The van der Waals surface area contributed by atoms with Gasteiger partial charge in [-0.3, -0.25) is 4.79 Å². The van der Waals surface area contributed by atoms with Crippen molar-refractivity contribution in [3.05, 3.63) is 59.0 Å². The van der Waals surface area contributed by atoms with E-state index >= 15 is 0 Å². The third-order valence-corrected chi connectivity index (χ3v) is 6.79. The molecule has 0 saturated carbocycles. The summed E-state index contributed by atoms with van der Waals surface area (Å²) in [7, 11) is 0. The number of nitrogens with zero attached hydrogens (tertiary/aromatic N) is 3. The lowest BCUT2D eigenvalue weighted by molar-refractivity contribution is -0.132. The van der Waals surface area contributed by atoms with Gasteiger partial charge in [0.05, 0.1) is 6.07 Å². The highest BCUT2D eigenvalue weighted by atomic mass is 19.1. The smallest absolute Gasteiger partial charge is 0.222 e. The Morgan fingerprint density at radius 2 is 2.12 bits per heavy atom. The number of amides is 1. The normalized spacial score (nSPS) is 17.2. The van der Waals surface area contributed by atoms with Crippen LogP contribution >= 0.6 is 0 Å². The molecule has 168 valence electrons. The number of nitrogens with one attached hydrogen (secondary N) is 1. The fourth-order valence-electron chi connectivity index (χ4n) is 4.93. The van der Waals surface area contributed by atoms with Gasteiger partial charge >= 0.3 is 0 Å². The Morgan fingerprint density at radius 1 is 1.28 bits per heavy atom. The zero-order valence-electron chi connectivity index (χ0n) is 18.5. The van der Waals surface area contributed by atoms with Crippen molar-refractivity contribution in [1.29, 1.82) is 5.26 Å². The van der Waals surface area contributed by atoms with E-state index in [9.17, 15) is 14.4 Å². The number of anilines is 1. The fourth-order valence-corrected chi connectivity index (χ4v) is 4.93. The van der Waals surface area contributed by atoms with E-state index in [-0.39, 0.29) is 17.6 Å². The monoisotopic (exact) mass is 434 g/mol. The first-order valence-corrected chi connectivity index (χ1v) is 11.7. The molecule has 6 heteroatoms. The predicted octanol–water partition coefficient (Wildman–Crippen LogP) is 4.84. The lowest BCUT2D eigenvalue weighted by Gasteiger charge is -2.33. The molecule has 1 unspecified atom stereocenters. The van der Waals surface area contributed by atoms with Crippen LogP contribution in [0.15, 0.2) is 36.4 Å². The Bertz CT molecular complexity index is 978. The standard InChI is InChI=1S/C26H31FN4O/c27-23-5-1-3-21(18-23)22(10-13-28)17-19-11-15-31(16-12-19)25(32)9-8-24-7-6-20-4-2-14-29-26(20)30-24/h1,3,5-7,18-19,22H,2,4,8-12,14-17H2,(H,29,30). The van der Waals surface area contributed by atoms with Crippen LogP contribution in [0.5, 0.6) is 0 Å². The molecule has 1 saturated heterocycles. The second-order valence-electron chi connectivity index (χ2n) is 9.01. The summed E-state index contributed by atoms with van der Waals surface area (Å²) < 4.78 is 13.6. The van der Waals surface area contributed by atoms with Gasteiger partial charge in [0.25, 0.3) is 0 Å². The highest BCUT2D eigenvalue weighted by Gasteiger charge is 2.26. The van der Waals surface area contributed by atoms with Crippen molar-refractivity contribution in [3.8, 4) is 6.07 Å². The molecule has 1 aromatic heterocycles. The van der Waals surface area contributed by atoms with Crippen molar-refractivity contribution >= 4 is 11.7 Å². The lowest BCUT2D eigenvalue weighted by atomic mass is 9.82. The average Bonchev–Trinajstić information content (AvgIpc) is 2.82. The predicted molar refractivity (Wildman–Crippen MR) is 123 cm³/mol. The molecule has 1 N–H and O–H groups in total. The summed E-state index contributed by atoms with van der Waals surface area (Å²) in [5.74, 6) is 1.41. The number of nitriles is 1. The van der Waals surface area contributed by atoms with E-state index in [4.69, 9.17) is 4.98 Å². The first-order chi connectivity index (χ1) is 15.6. The topological polar surface area (TPSA) is 69.0 Å². The molecule has 0 spiro atoms. The summed E-state index contributed by atoms with van der Waals surface area (Å²) in [6, 6.07) is 13.0. The highest BCUT2D eigenvalue weighted by molar-refractivity contribution is 5.76. The molecule has 0 radical (unpaired) electrons. The quantitative estimate of drug-likeness (QED) is 0.677. The van der Waals surface area contributed by atoms with Crippen LogP contribution in [0, 0.1) is 23.1 Å². The minimum Gasteiger partial charge on any atom is -0.370 e. The van der Waals surface area contributed by atoms with Crippen LogP contribution in [0.25, 0.3) is 0 Å². The zero-order chi connectivity index (χ0) is 22.3. The number of pyridine rings is 1. The van der Waals surface area contributed by atoms with Gasteiger partial charge in [0, 0.05) is 38.2 Å². The third kappa shape index (κ3) is 5.64. The van der Waals surface area contributed by atoms with Gasteiger partial charge in [-0.25, -0.2) is 9.37 Å². The van der Waals surface area contributed by atoms with E-state index in [1.165, 1.54) is 11.6 Å². The van der Waals surface area contributed by atoms with Crippen LogP contribution in [0.1, 0.15) is 61.3 Å². The van der Waals surface area contributed by atoms with Gasteiger partial charge in [0.1, 0.15) is 11.6 Å². The minimum atomic E-state index is -0.255. The molecular formula is C26H31FN4O. The Balaban J connectivity index is 1.25. The average molecular weight is 435 g/mol. The van der Waals surface area contributed by atoms with Crippen molar-refractivity contribution in [2.45, 2.75) is 57.3 Å². The summed E-state index contributed by atoms with van der Waals surface area (Å²) in [6.07, 6.45) is 6.48. The van der Waals surface area contributed by atoms with Crippen molar-refractivity contribution in [3.63, 3.8) is 0 Å². The SMILES string of the molecule is N#CCC(CC1CCN(C(=O)CCc2ccc3c(n2)NCCC3)CC1)c1cccc(F)c1. The molecular weight excluding hydrogens is 403 g/mol. The number of piperidine rings is 1. The molecule has 5 nitrogen and oxygen atoms in total. The number of aryl methyl sites for hydroxylation is 2. The Morgan fingerprint density at radius 3 is 2.91 bits per heavy atom. The molecule has 1 aromatic carbocycles. The minimum absolute atomic E-state index is 0.0478. The van der Waals surface area contributed by atoms with Crippen LogP contribution in [-0.4, -0.2) is 35.4 Å². The Hall–Kier alpha value is -2.94. The van der Waals surface area contributed by atoms with Crippen molar-refractivity contribution in [2.75, 3.05) is 25.0 Å². The largest absolute Gasteiger partial charge is 0.370 e. The van der Waals surface area contributed by atoms with Gasteiger partial charge in [0.15, 0.2) is 0 Å². The van der Waals surface area contributed by atoms with E-state index in [1.54, 1.807) is 12.1 Å². The van der Waals surface area contributed by atoms with Crippen LogP contribution in [-0.2, 0) is 17.6 Å². The Labute approximate surface area is 189 Å². The number of fused-ring (bicyclic) bond motifs is 1. The number of likely N-dealkylation sites (tertiary alicyclic amines) is 1. The second-order valence-corrected chi connectivity index (χ2v) is 9.01. The van der Waals surface area contributed by atoms with E-state index in [2.05, 4.69) is 17.5 Å². The van der Waals surface area contributed by atoms with E-state index < -0.39 is 0 Å². The molecule has 3 heterocycles. The van der Waals surface area contributed by atoms with E-state index in [1.807, 2.05) is 17.0 Å². The number of hydrogen-bond donors (Lipinski definition) is 1. The lowest BCUT2D eigenvalue weighted by Crippen LogP contribution is -2.38. The number of carbonyl (C=O) groups is 1. The van der Waals surface area contributed by atoms with Crippen LogP contribution < -0.4 is 5.32 Å². The molecule has 1 atom stereocenters. The molecule has 2 aliphatic rings. The number of aromatic nitrogens is 1. The summed E-state index contributed by atoms with van der Waals surface area (Å²) in [4.78, 5) is 19.4. The molecule has 2 aliphatic heterocycles. The molecule has 4 rings (SSSR count). The fraction of sp³-hybridized carbons (Fsp3) is 0.500. The number of carbonyl (C=O) groups excluding carboxylic acids is 1. The van der Waals surface area contributed by atoms with Crippen LogP contribution in [0.2, 0.25) is 0 Å². The van der Waals surface area contributed by atoms with Crippen molar-refractivity contribution in [2.24, 2.45) is 5.92 Å². The maximum Gasteiger partial charge on any atom is 0.222 e. The molecule has 1 fully saturated rings. The number of rotatable bonds is 7. The second kappa shape index (κ2) is 10.6. The van der Waals surface area contributed by atoms with Gasteiger partial charge < -0.3 is 10.2 Å². The zero-order valence-corrected chi connectivity index (χ0v) is 18.5. The van der Waals surface area contributed by atoms with E-state index in [0.29, 0.717) is 25.2 Å². The molecule has 0 aliphatic carbocycles. The number of hydrogen-bond acceptors (Lipinski definition) is 4. The summed E-state index contributed by atoms with van der Waals surface area (Å²) in [5.41, 5.74) is 3.13. The van der Waals surface area contributed by atoms with Gasteiger partial charge in [-0.2, -0.15) is 5.26 Å². The van der Waals surface area contributed by atoms with Gasteiger partial charge in [-0.15, -0.1) is 0 Å². The van der Waals surface area contributed by atoms with E-state index in [0.717, 1.165) is 68.8 Å². The summed E-state index contributed by atoms with van der Waals surface area (Å²) >= 11 is 0. The van der Waals surface area contributed by atoms with Crippen molar-refractivity contribution < 1.29 is 9.18 Å². The van der Waals surface area contributed by atoms with Crippen LogP contribution in [0.3, 0.4) is 0 Å². The Kier molecular flexibility index (Phi) is 7.36. The molecule has 0 bridgehead atoms. The first kappa shape index (κ1) is 22.3. The molecule has 1 amide bonds. The van der Waals surface area contributed by atoms with Gasteiger partial charge in [0.2, 0.25) is 5.91 Å².